The summed E-state index contributed by atoms with van der Waals surface area (Å²) in [5.74, 6) is 0.106. The third kappa shape index (κ3) is 5.19. The third-order valence-electron chi connectivity index (χ3n) is 2.14. The molecule has 0 atom stereocenters. The summed E-state index contributed by atoms with van der Waals surface area (Å²) < 4.78 is 0. The number of amides is 1. The summed E-state index contributed by atoms with van der Waals surface area (Å²) in [4.78, 5) is 21.6. The Morgan fingerprint density at radius 3 is 2.74 bits per heavy atom. The number of rotatable bonds is 5. The van der Waals surface area contributed by atoms with E-state index in [4.69, 9.17) is 23.8 Å². The molecule has 102 valence electrons. The number of carbonyl (C=O) groups is 1. The quantitative estimate of drug-likeness (QED) is 0.378. The average Bonchev–Trinajstić information content (AvgIpc) is 2.36. The molecule has 0 aliphatic rings. The van der Waals surface area contributed by atoms with Gasteiger partial charge in [-0.2, -0.15) is 0 Å². The zero-order valence-electron chi connectivity index (χ0n) is 9.89. The number of anilines is 1. The molecule has 19 heavy (non-hydrogen) atoms. The fourth-order valence-corrected chi connectivity index (χ4v) is 1.67. The van der Waals surface area contributed by atoms with Crippen LogP contribution >= 0.6 is 23.8 Å². The number of nitrogens with zero attached hydrogens (tertiary/aromatic N) is 1. The van der Waals surface area contributed by atoms with E-state index in [9.17, 15) is 14.9 Å². The van der Waals surface area contributed by atoms with Gasteiger partial charge in [-0.25, -0.2) is 0 Å². The maximum absolute atomic E-state index is 11.4. The van der Waals surface area contributed by atoms with Crippen LogP contribution in [0.3, 0.4) is 0 Å². The van der Waals surface area contributed by atoms with Crippen LogP contribution < -0.4 is 10.6 Å². The molecule has 1 amide bonds. The van der Waals surface area contributed by atoms with Gasteiger partial charge < -0.3 is 10.6 Å². The number of nitro groups is 1. The van der Waals surface area contributed by atoms with Gasteiger partial charge in [-0.05, 0) is 24.7 Å². The number of benzene rings is 1. The molecular formula is C11H12ClN3O3S. The van der Waals surface area contributed by atoms with Crippen molar-refractivity contribution in [2.45, 2.75) is 12.8 Å². The number of nitro benzene ring substituents is 1. The highest BCUT2D eigenvalue weighted by atomic mass is 35.5. The molecule has 1 rings (SSSR count). The first-order valence-electron chi connectivity index (χ1n) is 5.45. The molecule has 0 unspecified atom stereocenters. The molecule has 1 aromatic carbocycles. The molecule has 0 aliphatic heterocycles. The number of hydrogen-bond acceptors (Lipinski definition) is 4. The first-order valence-corrected chi connectivity index (χ1v) is 6.39. The minimum absolute atomic E-state index is 0.0221. The lowest BCUT2D eigenvalue weighted by Gasteiger charge is -2.09. The van der Waals surface area contributed by atoms with Gasteiger partial charge >= 0.3 is 0 Å². The van der Waals surface area contributed by atoms with Crippen LogP contribution in [0.15, 0.2) is 24.3 Å². The van der Waals surface area contributed by atoms with Gasteiger partial charge in [0.2, 0.25) is 5.91 Å². The van der Waals surface area contributed by atoms with E-state index in [1.165, 1.54) is 12.1 Å². The largest absolute Gasteiger partial charge is 0.327 e. The molecule has 0 heterocycles. The van der Waals surface area contributed by atoms with Crippen molar-refractivity contribution in [3.8, 4) is 0 Å². The Balaban J connectivity index is 2.62. The van der Waals surface area contributed by atoms with Crippen LogP contribution in [0.25, 0.3) is 0 Å². The Labute approximate surface area is 120 Å². The minimum Gasteiger partial charge on any atom is -0.327 e. The van der Waals surface area contributed by atoms with E-state index in [0.717, 1.165) is 0 Å². The van der Waals surface area contributed by atoms with Gasteiger partial charge in [-0.1, -0.05) is 12.1 Å². The third-order valence-corrected chi connectivity index (χ3v) is 2.61. The molecule has 8 heteroatoms. The lowest BCUT2D eigenvalue weighted by molar-refractivity contribution is -0.383. The maximum Gasteiger partial charge on any atom is 0.292 e. The number of carbonyl (C=O) groups excluding carboxylic acids is 1. The van der Waals surface area contributed by atoms with Crippen molar-refractivity contribution >= 4 is 46.2 Å². The van der Waals surface area contributed by atoms with E-state index in [-0.39, 0.29) is 28.8 Å². The number of nitrogens with one attached hydrogen (secondary N) is 2. The highest BCUT2D eigenvalue weighted by molar-refractivity contribution is 7.80. The lowest BCUT2D eigenvalue weighted by atomic mass is 10.3. The highest BCUT2D eigenvalue weighted by Crippen LogP contribution is 2.22. The Morgan fingerprint density at radius 2 is 2.11 bits per heavy atom. The van der Waals surface area contributed by atoms with Gasteiger partial charge in [0.05, 0.1) is 4.92 Å². The van der Waals surface area contributed by atoms with Gasteiger partial charge in [-0.3, -0.25) is 14.9 Å². The molecule has 0 saturated carbocycles. The monoisotopic (exact) mass is 301 g/mol. The first-order chi connectivity index (χ1) is 9.04. The van der Waals surface area contributed by atoms with Crippen molar-refractivity contribution in [2.24, 2.45) is 0 Å². The van der Waals surface area contributed by atoms with Crippen LogP contribution in [-0.4, -0.2) is 21.8 Å². The summed E-state index contributed by atoms with van der Waals surface area (Å²) in [6.45, 7) is 0. The lowest BCUT2D eigenvalue weighted by Crippen LogP contribution is -2.34. The summed E-state index contributed by atoms with van der Waals surface area (Å²) in [7, 11) is 0. The smallest absolute Gasteiger partial charge is 0.292 e. The summed E-state index contributed by atoms with van der Waals surface area (Å²) in [5, 5.41) is 15.9. The maximum atomic E-state index is 11.4. The summed E-state index contributed by atoms with van der Waals surface area (Å²) in [5.41, 5.74) is 0.120. The number of hydrogen-bond donors (Lipinski definition) is 2. The molecule has 1 aromatic rings. The summed E-state index contributed by atoms with van der Waals surface area (Å²) >= 11 is 10.4. The standard InChI is InChI=1S/C11H12ClN3O3S/c12-7-3-6-10(16)14-11(19)13-8-4-1-2-5-9(8)15(17)18/h1-2,4-5H,3,6-7H2,(H2,13,14,16,19). The van der Waals surface area contributed by atoms with Crippen molar-refractivity contribution in [1.29, 1.82) is 0 Å². The zero-order chi connectivity index (χ0) is 14.3. The van der Waals surface area contributed by atoms with Crippen LogP contribution in [0.4, 0.5) is 11.4 Å². The molecule has 2 N–H and O–H groups in total. The van der Waals surface area contributed by atoms with Crippen LogP contribution in [-0.2, 0) is 4.79 Å². The normalized spacial score (nSPS) is 9.74. The average molecular weight is 302 g/mol. The van der Waals surface area contributed by atoms with Crippen molar-refractivity contribution < 1.29 is 9.72 Å². The van der Waals surface area contributed by atoms with Gasteiger partial charge in [0.15, 0.2) is 5.11 Å². The minimum atomic E-state index is -0.528. The van der Waals surface area contributed by atoms with Crippen molar-refractivity contribution in [3.05, 3.63) is 34.4 Å². The van der Waals surface area contributed by atoms with E-state index in [2.05, 4.69) is 10.6 Å². The second kappa shape index (κ2) is 7.65. The van der Waals surface area contributed by atoms with E-state index >= 15 is 0 Å². The fourth-order valence-electron chi connectivity index (χ4n) is 1.31. The topological polar surface area (TPSA) is 84.3 Å². The van der Waals surface area contributed by atoms with Gasteiger partial charge in [-0.15, -0.1) is 11.6 Å². The highest BCUT2D eigenvalue weighted by Gasteiger charge is 2.13. The number of para-hydroxylation sites is 2. The Hall–Kier alpha value is -1.73. The second-order valence-electron chi connectivity index (χ2n) is 3.57. The Kier molecular flexibility index (Phi) is 6.17. The van der Waals surface area contributed by atoms with Crippen LogP contribution in [0.5, 0.6) is 0 Å². The molecule has 0 aliphatic carbocycles. The molecule has 6 nitrogen and oxygen atoms in total. The fraction of sp³-hybridized carbons (Fsp3) is 0.273. The van der Waals surface area contributed by atoms with Crippen molar-refractivity contribution in [2.75, 3.05) is 11.2 Å². The van der Waals surface area contributed by atoms with Crippen LogP contribution in [0.1, 0.15) is 12.8 Å². The molecule has 0 spiro atoms. The molecule has 0 fully saturated rings. The van der Waals surface area contributed by atoms with Gasteiger partial charge in [0.25, 0.3) is 5.69 Å². The second-order valence-corrected chi connectivity index (χ2v) is 4.36. The summed E-state index contributed by atoms with van der Waals surface area (Å²) in [6.07, 6.45) is 0.795. The van der Waals surface area contributed by atoms with Crippen LogP contribution in [0, 0.1) is 10.1 Å². The van der Waals surface area contributed by atoms with E-state index in [1.54, 1.807) is 12.1 Å². The number of alkyl halides is 1. The predicted octanol–water partition coefficient (Wildman–Crippen LogP) is 2.43. The number of halogens is 1. The Bertz CT molecular complexity index is 496. The summed E-state index contributed by atoms with van der Waals surface area (Å²) in [6, 6.07) is 6.04. The molecular weight excluding hydrogens is 290 g/mol. The molecule has 0 bridgehead atoms. The van der Waals surface area contributed by atoms with Gasteiger partial charge in [0, 0.05) is 18.4 Å². The Morgan fingerprint density at radius 1 is 1.42 bits per heavy atom. The van der Waals surface area contributed by atoms with E-state index in [1.807, 2.05) is 0 Å². The van der Waals surface area contributed by atoms with Crippen molar-refractivity contribution in [1.82, 2.24) is 5.32 Å². The van der Waals surface area contributed by atoms with Gasteiger partial charge in [0.1, 0.15) is 5.69 Å². The predicted molar refractivity (Wildman–Crippen MR) is 77.4 cm³/mol. The van der Waals surface area contributed by atoms with Crippen LogP contribution in [0.2, 0.25) is 0 Å². The molecule has 0 radical (unpaired) electrons. The van der Waals surface area contributed by atoms with E-state index < -0.39 is 4.92 Å². The van der Waals surface area contributed by atoms with E-state index in [0.29, 0.717) is 12.3 Å². The van der Waals surface area contributed by atoms with Crippen molar-refractivity contribution in [3.63, 3.8) is 0 Å². The first kappa shape index (κ1) is 15.3. The molecule has 0 saturated heterocycles. The zero-order valence-corrected chi connectivity index (χ0v) is 11.5. The SMILES string of the molecule is O=C(CCCCl)NC(=S)Nc1ccccc1[N+](=O)[O-]. The number of thiocarbonyl (C=S) groups is 1. The molecule has 0 aromatic heterocycles.